The molecular formula is C21H25N5O2S. The summed E-state index contributed by atoms with van der Waals surface area (Å²) in [5.74, 6) is 7.49. The molecule has 2 aromatic carbocycles. The van der Waals surface area contributed by atoms with Gasteiger partial charge in [-0.1, -0.05) is 59.8 Å². The monoisotopic (exact) mass is 411 g/mol. The van der Waals surface area contributed by atoms with Crippen LogP contribution < -0.4 is 15.9 Å². The Morgan fingerprint density at radius 2 is 1.97 bits per heavy atom. The summed E-state index contributed by atoms with van der Waals surface area (Å²) in [5.41, 5.74) is 3.42. The maximum absolute atomic E-state index is 12.0. The zero-order valence-corrected chi connectivity index (χ0v) is 17.4. The lowest BCUT2D eigenvalue weighted by atomic mass is 10.1. The van der Waals surface area contributed by atoms with Crippen LogP contribution in [-0.2, 0) is 17.8 Å². The highest BCUT2D eigenvalue weighted by atomic mass is 32.2. The summed E-state index contributed by atoms with van der Waals surface area (Å²) in [7, 11) is 0. The second-order valence-corrected chi connectivity index (χ2v) is 7.64. The van der Waals surface area contributed by atoms with E-state index in [4.69, 9.17) is 10.6 Å². The Balaban J connectivity index is 1.44. The molecule has 0 fully saturated rings. The minimum Gasteiger partial charge on any atom is -0.485 e. The quantitative estimate of drug-likeness (QED) is 0.415. The number of hydrogen-bond donors (Lipinski definition) is 2. The molecule has 0 radical (unpaired) electrons. The SMILES string of the molecule is Cc1ccc(OCc2nnc(SCC(=O)NCCc3ccccc3)n2N)c(C)c1. The van der Waals surface area contributed by atoms with Crippen molar-refractivity contribution in [3.8, 4) is 5.75 Å². The first-order valence-corrected chi connectivity index (χ1v) is 10.3. The number of nitrogens with zero attached hydrogens (tertiary/aromatic N) is 3. The number of carbonyl (C=O) groups excluding carboxylic acids is 1. The molecule has 0 aliphatic rings. The zero-order valence-electron chi connectivity index (χ0n) is 16.6. The van der Waals surface area contributed by atoms with Crippen molar-refractivity contribution in [2.75, 3.05) is 18.1 Å². The van der Waals surface area contributed by atoms with E-state index in [1.165, 1.54) is 27.6 Å². The summed E-state index contributed by atoms with van der Waals surface area (Å²) < 4.78 is 7.17. The van der Waals surface area contributed by atoms with Crippen molar-refractivity contribution in [1.82, 2.24) is 20.2 Å². The van der Waals surface area contributed by atoms with Crippen LogP contribution in [-0.4, -0.2) is 33.1 Å². The number of thioether (sulfide) groups is 1. The molecule has 0 aliphatic heterocycles. The molecule has 8 heteroatoms. The van der Waals surface area contributed by atoms with Gasteiger partial charge in [0.1, 0.15) is 12.4 Å². The van der Waals surface area contributed by atoms with Crippen LogP contribution in [0.15, 0.2) is 53.7 Å². The van der Waals surface area contributed by atoms with E-state index in [0.717, 1.165) is 17.7 Å². The molecule has 1 aromatic heterocycles. The summed E-state index contributed by atoms with van der Waals surface area (Å²) in [5, 5.41) is 11.5. The number of amides is 1. The highest BCUT2D eigenvalue weighted by molar-refractivity contribution is 7.99. The van der Waals surface area contributed by atoms with Gasteiger partial charge in [-0.2, -0.15) is 0 Å². The Morgan fingerprint density at radius 3 is 2.72 bits per heavy atom. The van der Waals surface area contributed by atoms with E-state index < -0.39 is 0 Å². The average molecular weight is 412 g/mol. The average Bonchev–Trinajstić information content (AvgIpc) is 3.06. The Morgan fingerprint density at radius 1 is 1.17 bits per heavy atom. The Bertz CT molecular complexity index is 959. The summed E-state index contributed by atoms with van der Waals surface area (Å²) in [6.07, 6.45) is 0.796. The summed E-state index contributed by atoms with van der Waals surface area (Å²) in [6, 6.07) is 16.0. The lowest BCUT2D eigenvalue weighted by Gasteiger charge is -2.09. The van der Waals surface area contributed by atoms with Crippen molar-refractivity contribution in [3.05, 3.63) is 71.0 Å². The molecule has 0 spiro atoms. The van der Waals surface area contributed by atoms with Gasteiger partial charge in [0, 0.05) is 6.54 Å². The number of rotatable bonds is 9. The lowest BCUT2D eigenvalue weighted by Crippen LogP contribution is -2.27. The van der Waals surface area contributed by atoms with Crippen LogP contribution in [0.1, 0.15) is 22.5 Å². The summed E-state index contributed by atoms with van der Waals surface area (Å²) in [4.78, 5) is 12.0. The molecule has 29 heavy (non-hydrogen) atoms. The predicted molar refractivity (Wildman–Crippen MR) is 114 cm³/mol. The normalized spacial score (nSPS) is 10.7. The van der Waals surface area contributed by atoms with Crippen molar-refractivity contribution in [3.63, 3.8) is 0 Å². The molecule has 0 aliphatic carbocycles. The number of nitrogens with two attached hydrogens (primary N) is 1. The first-order valence-electron chi connectivity index (χ1n) is 9.36. The van der Waals surface area contributed by atoms with Gasteiger partial charge in [0.05, 0.1) is 5.75 Å². The van der Waals surface area contributed by atoms with Gasteiger partial charge in [-0.15, -0.1) is 10.2 Å². The van der Waals surface area contributed by atoms with E-state index in [0.29, 0.717) is 17.5 Å². The van der Waals surface area contributed by atoms with Crippen LogP contribution in [0.5, 0.6) is 5.75 Å². The molecule has 7 nitrogen and oxygen atoms in total. The fourth-order valence-electron chi connectivity index (χ4n) is 2.78. The summed E-state index contributed by atoms with van der Waals surface area (Å²) in [6.45, 7) is 4.83. The van der Waals surface area contributed by atoms with Gasteiger partial charge in [0.2, 0.25) is 11.1 Å². The van der Waals surface area contributed by atoms with Crippen molar-refractivity contribution in [2.45, 2.75) is 32.0 Å². The molecule has 152 valence electrons. The highest BCUT2D eigenvalue weighted by Gasteiger charge is 2.13. The molecule has 0 saturated heterocycles. The standard InChI is InChI=1S/C21H25N5O2S/c1-15-8-9-18(16(2)12-15)28-13-19-24-25-21(26(19)22)29-14-20(27)23-11-10-17-6-4-3-5-7-17/h3-9,12H,10-11,13-14,22H2,1-2H3,(H,23,27). The van der Waals surface area contributed by atoms with Crippen molar-refractivity contribution < 1.29 is 9.53 Å². The molecule has 0 unspecified atom stereocenters. The van der Waals surface area contributed by atoms with Crippen LogP contribution in [0, 0.1) is 13.8 Å². The zero-order chi connectivity index (χ0) is 20.6. The van der Waals surface area contributed by atoms with E-state index in [-0.39, 0.29) is 18.3 Å². The third-order valence-electron chi connectivity index (χ3n) is 4.33. The molecule has 0 atom stereocenters. The van der Waals surface area contributed by atoms with E-state index in [1.54, 1.807) is 0 Å². The third kappa shape index (κ3) is 5.99. The van der Waals surface area contributed by atoms with Gasteiger partial charge >= 0.3 is 0 Å². The Kier molecular flexibility index (Phi) is 7.13. The predicted octanol–water partition coefficient (Wildman–Crippen LogP) is 2.64. The molecule has 3 N–H and O–H groups in total. The maximum Gasteiger partial charge on any atom is 0.230 e. The molecule has 1 amide bonds. The number of aromatic nitrogens is 3. The van der Waals surface area contributed by atoms with Crippen LogP contribution in [0.4, 0.5) is 0 Å². The number of nitrogen functional groups attached to an aromatic ring is 1. The van der Waals surface area contributed by atoms with E-state index in [1.807, 2.05) is 56.3 Å². The second-order valence-electron chi connectivity index (χ2n) is 6.70. The van der Waals surface area contributed by atoms with Gasteiger partial charge in [0.15, 0.2) is 5.82 Å². The first-order chi connectivity index (χ1) is 14.0. The Labute approximate surface area is 174 Å². The second kappa shape index (κ2) is 9.97. The van der Waals surface area contributed by atoms with Crippen LogP contribution in [0.3, 0.4) is 0 Å². The van der Waals surface area contributed by atoms with Crippen molar-refractivity contribution in [2.24, 2.45) is 0 Å². The van der Waals surface area contributed by atoms with Gasteiger partial charge in [0.25, 0.3) is 0 Å². The van der Waals surface area contributed by atoms with Gasteiger partial charge < -0.3 is 15.9 Å². The summed E-state index contributed by atoms with van der Waals surface area (Å²) >= 11 is 1.25. The number of benzene rings is 2. The van der Waals surface area contributed by atoms with Crippen LogP contribution in [0.25, 0.3) is 0 Å². The lowest BCUT2D eigenvalue weighted by molar-refractivity contribution is -0.118. The van der Waals surface area contributed by atoms with E-state index >= 15 is 0 Å². The van der Waals surface area contributed by atoms with E-state index in [2.05, 4.69) is 21.6 Å². The van der Waals surface area contributed by atoms with Crippen LogP contribution >= 0.6 is 11.8 Å². The van der Waals surface area contributed by atoms with Gasteiger partial charge in [-0.25, -0.2) is 4.68 Å². The molecule has 3 aromatic rings. The van der Waals surface area contributed by atoms with Crippen molar-refractivity contribution in [1.29, 1.82) is 0 Å². The van der Waals surface area contributed by atoms with Gasteiger partial charge in [-0.3, -0.25) is 4.79 Å². The highest BCUT2D eigenvalue weighted by Crippen LogP contribution is 2.20. The minimum absolute atomic E-state index is 0.0676. The van der Waals surface area contributed by atoms with E-state index in [9.17, 15) is 4.79 Å². The third-order valence-corrected chi connectivity index (χ3v) is 5.28. The number of ether oxygens (including phenoxy) is 1. The molecule has 0 saturated carbocycles. The van der Waals surface area contributed by atoms with Crippen LogP contribution in [0.2, 0.25) is 0 Å². The van der Waals surface area contributed by atoms with Crippen molar-refractivity contribution >= 4 is 17.7 Å². The molecule has 1 heterocycles. The maximum atomic E-state index is 12.0. The minimum atomic E-state index is -0.0676. The molecular weight excluding hydrogens is 386 g/mol. The first kappa shape index (κ1) is 20.7. The number of hydrogen-bond acceptors (Lipinski definition) is 6. The number of carbonyl (C=O) groups is 1. The fourth-order valence-corrected chi connectivity index (χ4v) is 3.48. The molecule has 0 bridgehead atoms. The number of aryl methyl sites for hydroxylation is 2. The number of nitrogens with one attached hydrogen (secondary N) is 1. The fraction of sp³-hybridized carbons (Fsp3) is 0.286. The Hall–Kier alpha value is -3.00. The smallest absolute Gasteiger partial charge is 0.230 e. The van der Waals surface area contributed by atoms with Gasteiger partial charge in [-0.05, 0) is 37.5 Å². The topological polar surface area (TPSA) is 95.1 Å². The largest absolute Gasteiger partial charge is 0.485 e. The molecule has 3 rings (SSSR count).